The van der Waals surface area contributed by atoms with Crippen molar-refractivity contribution in [2.75, 3.05) is 30.8 Å². The molecule has 142 valence electrons. The first kappa shape index (κ1) is 17.9. The second-order valence-corrected chi connectivity index (χ2v) is 6.87. The molecule has 0 radical (unpaired) electrons. The Morgan fingerprint density at radius 2 is 2.11 bits per heavy atom. The molecule has 0 spiro atoms. The monoisotopic (exact) mass is 376 g/mol. The number of carbonyl (C=O) groups is 1. The van der Waals surface area contributed by atoms with Gasteiger partial charge in [-0.05, 0) is 51.2 Å². The van der Waals surface area contributed by atoms with Crippen molar-refractivity contribution in [1.29, 1.82) is 5.26 Å². The molecule has 8 heteroatoms. The first-order valence-electron chi connectivity index (χ1n) is 9.15. The number of anilines is 2. The number of hydrogen-bond donors (Lipinski definition) is 2. The van der Waals surface area contributed by atoms with Crippen LogP contribution < -0.4 is 15.4 Å². The second-order valence-electron chi connectivity index (χ2n) is 6.87. The van der Waals surface area contributed by atoms with Crippen molar-refractivity contribution in [1.82, 2.24) is 14.9 Å². The molecule has 2 aromatic rings. The fourth-order valence-electron chi connectivity index (χ4n) is 3.30. The van der Waals surface area contributed by atoms with Crippen LogP contribution >= 0.6 is 0 Å². The summed E-state index contributed by atoms with van der Waals surface area (Å²) in [7, 11) is 2.05. The summed E-state index contributed by atoms with van der Waals surface area (Å²) in [5, 5.41) is 15.5. The Kier molecular flexibility index (Phi) is 4.91. The zero-order chi connectivity index (χ0) is 19.5. The van der Waals surface area contributed by atoms with Gasteiger partial charge in [-0.3, -0.25) is 10.1 Å². The van der Waals surface area contributed by atoms with Crippen LogP contribution in [0, 0.1) is 17.2 Å². The Bertz CT molecular complexity index is 946. The van der Waals surface area contributed by atoms with Crippen molar-refractivity contribution in [2.24, 2.45) is 5.92 Å². The molecule has 8 nitrogen and oxygen atoms in total. The highest BCUT2D eigenvalue weighted by Gasteiger charge is 2.25. The normalized spacial score (nSPS) is 18.4. The fraction of sp³-hybridized carbons (Fsp3) is 0.300. The van der Waals surface area contributed by atoms with E-state index in [0.717, 1.165) is 31.6 Å². The lowest BCUT2D eigenvalue weighted by atomic mass is 9.96. The smallest absolute Gasteiger partial charge is 0.229 e. The standard InChI is InChI=1S/C20H20N6O2/c1-26-10-7-13(8-11-26)18(27)25-20-22-9-6-15(24-20)14(12-21)19-23-16-4-2-3-5-17(16)28-19/h2-6,9,13,23H,7-8,10-11H2,1H3,(H,22,24,25,27)/b19-14+. The molecule has 28 heavy (non-hydrogen) atoms. The van der Waals surface area contributed by atoms with Crippen molar-refractivity contribution in [3.63, 3.8) is 0 Å². The van der Waals surface area contributed by atoms with Crippen molar-refractivity contribution in [3.8, 4) is 11.8 Å². The molecule has 0 saturated carbocycles. The number of nitriles is 1. The lowest BCUT2D eigenvalue weighted by Gasteiger charge is -2.27. The number of nitrogens with one attached hydrogen (secondary N) is 2. The van der Waals surface area contributed by atoms with Gasteiger partial charge in [-0.25, -0.2) is 9.97 Å². The number of amides is 1. The van der Waals surface area contributed by atoms with E-state index in [4.69, 9.17) is 4.74 Å². The third-order valence-electron chi connectivity index (χ3n) is 4.92. The summed E-state index contributed by atoms with van der Waals surface area (Å²) >= 11 is 0. The van der Waals surface area contributed by atoms with Crippen molar-refractivity contribution in [2.45, 2.75) is 12.8 Å². The summed E-state index contributed by atoms with van der Waals surface area (Å²) in [6.45, 7) is 1.79. The summed E-state index contributed by atoms with van der Waals surface area (Å²) in [6, 6.07) is 11.2. The fourth-order valence-corrected chi connectivity index (χ4v) is 3.30. The molecular weight excluding hydrogens is 356 g/mol. The molecule has 0 bridgehead atoms. The number of ether oxygens (including phenoxy) is 1. The van der Waals surface area contributed by atoms with Gasteiger partial charge in [-0.2, -0.15) is 5.26 Å². The molecule has 2 aliphatic rings. The van der Waals surface area contributed by atoms with Crippen LogP contribution in [0.3, 0.4) is 0 Å². The van der Waals surface area contributed by atoms with Crippen LogP contribution in [0.2, 0.25) is 0 Å². The summed E-state index contributed by atoms with van der Waals surface area (Å²) in [6.07, 6.45) is 3.14. The molecule has 0 atom stereocenters. The predicted molar refractivity (Wildman–Crippen MR) is 104 cm³/mol. The first-order chi connectivity index (χ1) is 13.6. The van der Waals surface area contributed by atoms with Crippen LogP contribution in [0.25, 0.3) is 5.57 Å². The van der Waals surface area contributed by atoms with Gasteiger partial charge in [0.25, 0.3) is 0 Å². The average molecular weight is 376 g/mol. The number of nitrogens with zero attached hydrogens (tertiary/aromatic N) is 4. The Labute approximate surface area is 162 Å². The Morgan fingerprint density at radius 3 is 2.86 bits per heavy atom. The molecule has 0 unspecified atom stereocenters. The van der Waals surface area contributed by atoms with Crippen LogP contribution in [-0.4, -0.2) is 40.9 Å². The Hall–Kier alpha value is -3.44. The van der Waals surface area contributed by atoms with Crippen LogP contribution in [0.4, 0.5) is 11.6 Å². The number of para-hydroxylation sites is 2. The topological polar surface area (TPSA) is 103 Å². The van der Waals surface area contributed by atoms with E-state index in [2.05, 4.69) is 38.6 Å². The quantitative estimate of drug-likeness (QED) is 0.793. The predicted octanol–water partition coefficient (Wildman–Crippen LogP) is 2.45. The highest BCUT2D eigenvalue weighted by Crippen LogP contribution is 2.35. The molecule has 1 amide bonds. The SMILES string of the molecule is CN1CCC(C(=O)Nc2nccc(/C(C#N)=C3\Nc4ccccc4O3)n2)CC1. The number of likely N-dealkylation sites (tertiary alicyclic amines) is 1. The molecule has 2 N–H and O–H groups in total. The number of allylic oxidation sites excluding steroid dienone is 1. The van der Waals surface area contributed by atoms with Gasteiger partial charge in [0.15, 0.2) is 5.75 Å². The van der Waals surface area contributed by atoms with Crippen molar-refractivity contribution < 1.29 is 9.53 Å². The molecule has 1 saturated heterocycles. The number of aromatic nitrogens is 2. The van der Waals surface area contributed by atoms with E-state index in [0.29, 0.717) is 17.3 Å². The van der Waals surface area contributed by atoms with Gasteiger partial charge in [0.05, 0.1) is 11.4 Å². The summed E-state index contributed by atoms with van der Waals surface area (Å²) < 4.78 is 5.73. The van der Waals surface area contributed by atoms with Crippen LogP contribution in [0.5, 0.6) is 5.75 Å². The van der Waals surface area contributed by atoms with E-state index >= 15 is 0 Å². The molecule has 1 fully saturated rings. The van der Waals surface area contributed by atoms with Crippen LogP contribution in [-0.2, 0) is 4.79 Å². The highest BCUT2D eigenvalue weighted by molar-refractivity contribution is 5.91. The zero-order valence-corrected chi connectivity index (χ0v) is 15.5. The number of benzene rings is 1. The maximum atomic E-state index is 12.5. The molecule has 0 aliphatic carbocycles. The third-order valence-corrected chi connectivity index (χ3v) is 4.92. The van der Waals surface area contributed by atoms with E-state index in [9.17, 15) is 10.1 Å². The number of carbonyl (C=O) groups excluding carboxylic acids is 1. The van der Waals surface area contributed by atoms with Gasteiger partial charge in [0.2, 0.25) is 17.7 Å². The maximum Gasteiger partial charge on any atom is 0.229 e. The minimum atomic E-state index is -0.0842. The minimum absolute atomic E-state index is 0.0495. The summed E-state index contributed by atoms with van der Waals surface area (Å²) in [5.74, 6) is 1.01. The van der Waals surface area contributed by atoms with Gasteiger partial charge in [-0.15, -0.1) is 0 Å². The maximum absolute atomic E-state index is 12.5. The first-order valence-corrected chi connectivity index (χ1v) is 9.15. The molecule has 3 heterocycles. The molecule has 1 aromatic heterocycles. The molecule has 4 rings (SSSR count). The Morgan fingerprint density at radius 1 is 1.32 bits per heavy atom. The third kappa shape index (κ3) is 3.66. The number of hydrogen-bond acceptors (Lipinski definition) is 7. The number of rotatable bonds is 3. The van der Waals surface area contributed by atoms with E-state index < -0.39 is 0 Å². The van der Waals surface area contributed by atoms with E-state index in [1.807, 2.05) is 24.3 Å². The second kappa shape index (κ2) is 7.66. The largest absolute Gasteiger partial charge is 0.437 e. The Balaban J connectivity index is 1.53. The van der Waals surface area contributed by atoms with Gasteiger partial charge in [0.1, 0.15) is 11.6 Å². The summed E-state index contributed by atoms with van der Waals surface area (Å²) in [4.78, 5) is 23.2. The van der Waals surface area contributed by atoms with E-state index in [-0.39, 0.29) is 23.3 Å². The summed E-state index contributed by atoms with van der Waals surface area (Å²) in [5.41, 5.74) is 1.41. The van der Waals surface area contributed by atoms with E-state index in [1.54, 1.807) is 6.07 Å². The van der Waals surface area contributed by atoms with Crippen LogP contribution in [0.15, 0.2) is 42.4 Å². The lowest BCUT2D eigenvalue weighted by Crippen LogP contribution is -2.36. The van der Waals surface area contributed by atoms with Gasteiger partial charge < -0.3 is 15.0 Å². The molecular formula is C20H20N6O2. The molecule has 1 aromatic carbocycles. The van der Waals surface area contributed by atoms with Gasteiger partial charge in [0, 0.05) is 12.1 Å². The van der Waals surface area contributed by atoms with Crippen molar-refractivity contribution in [3.05, 3.63) is 48.1 Å². The minimum Gasteiger partial charge on any atom is -0.437 e. The highest BCUT2D eigenvalue weighted by atomic mass is 16.5. The molecule has 2 aliphatic heterocycles. The van der Waals surface area contributed by atoms with Crippen LogP contribution in [0.1, 0.15) is 18.5 Å². The van der Waals surface area contributed by atoms with Crippen molar-refractivity contribution >= 4 is 23.1 Å². The zero-order valence-electron chi connectivity index (χ0n) is 15.5. The van der Waals surface area contributed by atoms with Gasteiger partial charge in [-0.1, -0.05) is 12.1 Å². The van der Waals surface area contributed by atoms with Gasteiger partial charge >= 0.3 is 0 Å². The van der Waals surface area contributed by atoms with E-state index in [1.165, 1.54) is 6.20 Å². The number of piperidine rings is 1. The lowest BCUT2D eigenvalue weighted by molar-refractivity contribution is -0.121. The number of fused-ring (bicyclic) bond motifs is 1. The average Bonchev–Trinajstić information content (AvgIpc) is 3.13.